The van der Waals surface area contributed by atoms with Crippen molar-refractivity contribution in [3.63, 3.8) is 0 Å². The summed E-state index contributed by atoms with van der Waals surface area (Å²) in [7, 11) is 2.91. The van der Waals surface area contributed by atoms with Crippen molar-refractivity contribution in [2.75, 3.05) is 14.2 Å². The molecule has 1 aromatic heterocycles. The predicted octanol–water partition coefficient (Wildman–Crippen LogP) is 4.58. The van der Waals surface area contributed by atoms with Gasteiger partial charge in [-0.25, -0.2) is 9.78 Å². The summed E-state index contributed by atoms with van der Waals surface area (Å²) >= 11 is 1.59. The molecule has 0 radical (unpaired) electrons. The Morgan fingerprint density at radius 1 is 1.11 bits per heavy atom. The van der Waals surface area contributed by atoms with E-state index in [1.807, 2.05) is 41.8 Å². The van der Waals surface area contributed by atoms with Crippen molar-refractivity contribution < 1.29 is 19.0 Å². The summed E-state index contributed by atoms with van der Waals surface area (Å²) in [5.41, 5.74) is 2.76. The first-order valence-corrected chi connectivity index (χ1v) is 9.14. The zero-order chi connectivity index (χ0) is 19.1. The van der Waals surface area contributed by atoms with Crippen LogP contribution in [0.25, 0.3) is 16.6 Å². The molecule has 0 amide bonds. The maximum atomic E-state index is 11.2. The highest BCUT2D eigenvalue weighted by atomic mass is 32.1. The third-order valence-corrected chi connectivity index (χ3v) is 4.69. The summed E-state index contributed by atoms with van der Waals surface area (Å²) in [6.07, 6.45) is 3.01. The lowest BCUT2D eigenvalue weighted by Crippen LogP contribution is -1.98. The molecule has 6 heteroatoms. The van der Waals surface area contributed by atoms with Gasteiger partial charge in [-0.05, 0) is 23.8 Å². The van der Waals surface area contributed by atoms with E-state index < -0.39 is 5.97 Å². The van der Waals surface area contributed by atoms with Crippen molar-refractivity contribution in [3.05, 3.63) is 71.2 Å². The highest BCUT2D eigenvalue weighted by Crippen LogP contribution is 2.30. The van der Waals surface area contributed by atoms with E-state index in [-0.39, 0.29) is 0 Å². The van der Waals surface area contributed by atoms with Crippen LogP contribution in [0.3, 0.4) is 0 Å². The van der Waals surface area contributed by atoms with Gasteiger partial charge in [0.2, 0.25) is 0 Å². The Kier molecular flexibility index (Phi) is 6.22. The molecule has 5 nitrogen and oxygen atoms in total. The van der Waals surface area contributed by atoms with Gasteiger partial charge in [0.1, 0.15) is 11.6 Å². The summed E-state index contributed by atoms with van der Waals surface area (Å²) in [4.78, 5) is 15.8. The quantitative estimate of drug-likeness (QED) is 0.443. The number of aromatic nitrogens is 1. The van der Waals surface area contributed by atoms with Gasteiger partial charge in [0.15, 0.2) is 11.5 Å². The van der Waals surface area contributed by atoms with Crippen LogP contribution >= 0.6 is 11.3 Å². The van der Waals surface area contributed by atoms with E-state index in [1.165, 1.54) is 13.2 Å². The normalized spacial score (nSPS) is 10.7. The van der Waals surface area contributed by atoms with Gasteiger partial charge in [-0.15, -0.1) is 11.3 Å². The minimum Gasteiger partial charge on any atom is -0.493 e. The number of nitrogens with zero attached hydrogens (tertiary/aromatic N) is 1. The molecule has 0 N–H and O–H groups in total. The summed E-state index contributed by atoms with van der Waals surface area (Å²) in [6, 6.07) is 15.5. The predicted molar refractivity (Wildman–Crippen MR) is 106 cm³/mol. The molecule has 0 fully saturated rings. The number of hydrogen-bond donors (Lipinski definition) is 0. The number of methoxy groups -OCH3 is 2. The second kappa shape index (κ2) is 9.00. The van der Waals surface area contributed by atoms with Crippen molar-refractivity contribution >= 4 is 23.4 Å². The molecule has 0 atom stereocenters. The van der Waals surface area contributed by atoms with Crippen LogP contribution in [-0.4, -0.2) is 25.2 Å². The van der Waals surface area contributed by atoms with E-state index in [1.54, 1.807) is 36.7 Å². The molecule has 27 heavy (non-hydrogen) atoms. The lowest BCUT2D eigenvalue weighted by atomic mass is 10.2. The smallest absolute Gasteiger partial charge is 0.330 e. The van der Waals surface area contributed by atoms with Crippen LogP contribution in [0.5, 0.6) is 11.5 Å². The van der Waals surface area contributed by atoms with Crippen molar-refractivity contribution in [3.8, 4) is 22.1 Å². The fourth-order valence-corrected chi connectivity index (χ4v) is 3.19. The fourth-order valence-electron chi connectivity index (χ4n) is 2.38. The Morgan fingerprint density at radius 3 is 2.67 bits per heavy atom. The molecule has 0 unspecified atom stereocenters. The molecule has 0 saturated heterocycles. The second-order valence-electron chi connectivity index (χ2n) is 5.57. The molecule has 3 aromatic rings. The van der Waals surface area contributed by atoms with Crippen molar-refractivity contribution in [2.45, 2.75) is 6.61 Å². The zero-order valence-electron chi connectivity index (χ0n) is 15.0. The minimum absolute atomic E-state index is 0.344. The molecular weight excluding hydrogens is 362 g/mol. The van der Waals surface area contributed by atoms with Gasteiger partial charge >= 0.3 is 5.97 Å². The Bertz CT molecular complexity index is 934. The summed E-state index contributed by atoms with van der Waals surface area (Å²) in [5.74, 6) is 0.787. The Morgan fingerprint density at radius 2 is 1.93 bits per heavy atom. The second-order valence-corrected chi connectivity index (χ2v) is 6.42. The number of carbonyl (C=O) groups is 1. The highest BCUT2D eigenvalue weighted by molar-refractivity contribution is 7.13. The van der Waals surface area contributed by atoms with E-state index in [0.29, 0.717) is 18.1 Å². The van der Waals surface area contributed by atoms with E-state index in [2.05, 4.69) is 9.72 Å². The molecule has 138 valence electrons. The maximum absolute atomic E-state index is 11.2. The van der Waals surface area contributed by atoms with E-state index in [4.69, 9.17) is 9.47 Å². The highest BCUT2D eigenvalue weighted by Gasteiger charge is 2.08. The van der Waals surface area contributed by atoms with Crippen LogP contribution in [0.2, 0.25) is 0 Å². The molecule has 2 aromatic carbocycles. The number of esters is 1. The first-order valence-electron chi connectivity index (χ1n) is 8.26. The Hall–Kier alpha value is -3.12. The number of ether oxygens (including phenoxy) is 3. The number of carbonyl (C=O) groups excluding carboxylic acids is 1. The number of benzene rings is 2. The lowest BCUT2D eigenvalue weighted by molar-refractivity contribution is -0.134. The van der Waals surface area contributed by atoms with Crippen molar-refractivity contribution in [2.24, 2.45) is 0 Å². The first kappa shape index (κ1) is 18.7. The van der Waals surface area contributed by atoms with Crippen LogP contribution < -0.4 is 9.47 Å². The molecule has 1 heterocycles. The van der Waals surface area contributed by atoms with Gasteiger partial charge in [-0.1, -0.05) is 36.4 Å². The molecular formula is C21H19NO4S. The summed E-state index contributed by atoms with van der Waals surface area (Å²) in [6.45, 7) is 0.344. The molecule has 3 rings (SSSR count). The Balaban J connectivity index is 1.68. The van der Waals surface area contributed by atoms with Gasteiger partial charge < -0.3 is 14.2 Å². The molecule has 0 aliphatic heterocycles. The molecule has 0 aliphatic carbocycles. The van der Waals surface area contributed by atoms with E-state index >= 15 is 0 Å². The summed E-state index contributed by atoms with van der Waals surface area (Å²) in [5, 5.41) is 2.95. The summed E-state index contributed by atoms with van der Waals surface area (Å²) < 4.78 is 15.8. The Labute approximate surface area is 161 Å². The number of rotatable bonds is 7. The fraction of sp³-hybridized carbons (Fsp3) is 0.143. The van der Waals surface area contributed by atoms with Crippen LogP contribution in [0.15, 0.2) is 60.0 Å². The van der Waals surface area contributed by atoms with Crippen LogP contribution in [-0.2, 0) is 16.1 Å². The third-order valence-electron chi connectivity index (χ3n) is 3.75. The number of thiazole rings is 1. The molecule has 0 spiro atoms. The molecule has 0 bridgehead atoms. The largest absolute Gasteiger partial charge is 0.493 e. The monoisotopic (exact) mass is 381 g/mol. The SMILES string of the molecule is COC(=O)/C=C/c1ccc(OCc2csc(-c3ccccc3)n2)c(OC)c1. The van der Waals surface area contributed by atoms with E-state index in [0.717, 1.165) is 21.8 Å². The average Bonchev–Trinajstić information content (AvgIpc) is 3.20. The van der Waals surface area contributed by atoms with Gasteiger partial charge in [-0.2, -0.15) is 0 Å². The van der Waals surface area contributed by atoms with Gasteiger partial charge in [0, 0.05) is 17.0 Å². The van der Waals surface area contributed by atoms with E-state index in [9.17, 15) is 4.79 Å². The molecule has 0 saturated carbocycles. The van der Waals surface area contributed by atoms with Crippen molar-refractivity contribution in [1.29, 1.82) is 0 Å². The van der Waals surface area contributed by atoms with Crippen LogP contribution in [0.4, 0.5) is 0 Å². The standard InChI is InChI=1S/C21H19NO4S/c1-24-19-12-15(9-11-20(23)25-2)8-10-18(19)26-13-17-14-27-21(22-17)16-6-4-3-5-7-16/h3-12,14H,13H2,1-2H3/b11-9+. The van der Waals surface area contributed by atoms with Gasteiger partial charge in [0.05, 0.1) is 19.9 Å². The number of hydrogen-bond acceptors (Lipinski definition) is 6. The van der Waals surface area contributed by atoms with Crippen LogP contribution in [0.1, 0.15) is 11.3 Å². The first-order chi connectivity index (χ1) is 13.2. The zero-order valence-corrected chi connectivity index (χ0v) is 15.9. The van der Waals surface area contributed by atoms with Gasteiger partial charge in [-0.3, -0.25) is 0 Å². The lowest BCUT2D eigenvalue weighted by Gasteiger charge is -2.10. The maximum Gasteiger partial charge on any atom is 0.330 e. The van der Waals surface area contributed by atoms with Gasteiger partial charge in [0.25, 0.3) is 0 Å². The topological polar surface area (TPSA) is 57.7 Å². The molecule has 0 aliphatic rings. The van der Waals surface area contributed by atoms with Crippen molar-refractivity contribution in [1.82, 2.24) is 4.98 Å². The minimum atomic E-state index is -0.410. The third kappa shape index (κ3) is 4.95. The van der Waals surface area contributed by atoms with Crippen LogP contribution in [0, 0.1) is 0 Å². The average molecular weight is 381 g/mol.